The number of carbonyl (C=O) groups excluding carboxylic acids is 2. The molecule has 0 aromatic rings. The first kappa shape index (κ1) is 10.0. The highest BCUT2D eigenvalue weighted by Gasteiger charge is 2.01. The van der Waals surface area contributed by atoms with Crippen LogP contribution in [0.2, 0.25) is 0 Å². The van der Waals surface area contributed by atoms with E-state index in [1.807, 2.05) is 0 Å². The van der Waals surface area contributed by atoms with E-state index in [9.17, 15) is 9.59 Å². The van der Waals surface area contributed by atoms with Crippen molar-refractivity contribution >= 4 is 11.6 Å². The summed E-state index contributed by atoms with van der Waals surface area (Å²) in [6.07, 6.45) is 3.39. The van der Waals surface area contributed by atoms with Crippen molar-refractivity contribution in [3.05, 3.63) is 12.2 Å². The van der Waals surface area contributed by atoms with Crippen molar-refractivity contribution in [2.45, 2.75) is 19.8 Å². The molecule has 0 spiro atoms. The van der Waals surface area contributed by atoms with Crippen LogP contribution in [0.4, 0.5) is 0 Å². The summed E-state index contributed by atoms with van der Waals surface area (Å²) in [5, 5.41) is 8.30. The first-order valence-electron chi connectivity index (χ1n) is 3.48. The molecule has 0 heterocycles. The van der Waals surface area contributed by atoms with Crippen LogP contribution in [0.5, 0.6) is 0 Å². The molecule has 0 rings (SSSR count). The van der Waals surface area contributed by atoms with Crippen LogP contribution >= 0.6 is 0 Å². The highest BCUT2D eigenvalue weighted by molar-refractivity contribution is 5.93. The second-order valence-corrected chi connectivity index (χ2v) is 2.16. The number of aliphatic hydroxyl groups is 1. The van der Waals surface area contributed by atoms with Gasteiger partial charge in [-0.1, -0.05) is 6.08 Å². The Balaban J connectivity index is 3.54. The molecule has 0 aliphatic rings. The number of rotatable bonds is 5. The lowest BCUT2D eigenvalue weighted by Crippen LogP contribution is -2.05. The second kappa shape index (κ2) is 5.80. The Morgan fingerprint density at radius 1 is 1.36 bits per heavy atom. The van der Waals surface area contributed by atoms with Gasteiger partial charge in [0.15, 0.2) is 11.6 Å². The maximum absolute atomic E-state index is 10.7. The first-order chi connectivity index (χ1) is 5.20. The van der Waals surface area contributed by atoms with Crippen LogP contribution in [-0.2, 0) is 9.59 Å². The molecule has 0 fully saturated rings. The van der Waals surface area contributed by atoms with E-state index in [2.05, 4.69) is 0 Å². The summed E-state index contributed by atoms with van der Waals surface area (Å²) in [7, 11) is 0. The third-order valence-electron chi connectivity index (χ3n) is 1.18. The van der Waals surface area contributed by atoms with Gasteiger partial charge in [-0.25, -0.2) is 0 Å². The van der Waals surface area contributed by atoms with Crippen LogP contribution in [0.15, 0.2) is 12.2 Å². The molecule has 3 nitrogen and oxygen atoms in total. The predicted octanol–water partition coefficient (Wildman–Crippen LogP) is 0.473. The topological polar surface area (TPSA) is 54.4 Å². The molecule has 0 bridgehead atoms. The fourth-order valence-electron chi connectivity index (χ4n) is 0.611. The highest BCUT2D eigenvalue weighted by Crippen LogP contribution is 1.93. The third-order valence-corrected chi connectivity index (χ3v) is 1.18. The van der Waals surface area contributed by atoms with E-state index in [0.29, 0.717) is 0 Å². The fourth-order valence-corrected chi connectivity index (χ4v) is 0.611. The van der Waals surface area contributed by atoms with E-state index < -0.39 is 6.61 Å². The standard InChI is InChI=1S/C8H12O3/c1-2-3-7(10)4-5-8(11)6-9/h2-3,9H,4-6H2,1H3/b3-2+. The van der Waals surface area contributed by atoms with Crippen molar-refractivity contribution in [1.82, 2.24) is 0 Å². The minimum Gasteiger partial charge on any atom is -0.389 e. The largest absolute Gasteiger partial charge is 0.389 e. The van der Waals surface area contributed by atoms with E-state index in [-0.39, 0.29) is 24.4 Å². The molecular formula is C8H12O3. The first-order valence-corrected chi connectivity index (χ1v) is 3.48. The zero-order chi connectivity index (χ0) is 8.69. The molecule has 0 amide bonds. The zero-order valence-corrected chi connectivity index (χ0v) is 6.54. The van der Waals surface area contributed by atoms with Crippen LogP contribution in [-0.4, -0.2) is 23.3 Å². The van der Waals surface area contributed by atoms with E-state index in [1.54, 1.807) is 13.0 Å². The molecule has 0 aliphatic heterocycles. The Bertz CT molecular complexity index is 170. The molecule has 0 saturated heterocycles. The van der Waals surface area contributed by atoms with Gasteiger partial charge in [0.2, 0.25) is 0 Å². The van der Waals surface area contributed by atoms with Crippen molar-refractivity contribution in [3.63, 3.8) is 0 Å². The second-order valence-electron chi connectivity index (χ2n) is 2.16. The van der Waals surface area contributed by atoms with Crippen molar-refractivity contribution in [3.8, 4) is 0 Å². The SMILES string of the molecule is C/C=C/C(=O)CCC(=O)CO. The number of hydrogen-bond acceptors (Lipinski definition) is 3. The quantitative estimate of drug-likeness (QED) is 0.589. The number of Topliss-reactive ketones (excluding diaryl/α,β-unsaturated/α-hetero) is 1. The van der Waals surface area contributed by atoms with Gasteiger partial charge >= 0.3 is 0 Å². The van der Waals surface area contributed by atoms with Gasteiger partial charge in [-0.2, -0.15) is 0 Å². The van der Waals surface area contributed by atoms with Crippen LogP contribution in [0.1, 0.15) is 19.8 Å². The fraction of sp³-hybridized carbons (Fsp3) is 0.500. The van der Waals surface area contributed by atoms with Crippen LogP contribution < -0.4 is 0 Å². The molecule has 0 atom stereocenters. The van der Waals surface area contributed by atoms with Gasteiger partial charge < -0.3 is 5.11 Å². The minimum atomic E-state index is -0.469. The Kier molecular flexibility index (Phi) is 5.29. The van der Waals surface area contributed by atoms with Gasteiger partial charge in [0.25, 0.3) is 0 Å². The van der Waals surface area contributed by atoms with Gasteiger partial charge in [0.1, 0.15) is 6.61 Å². The number of carbonyl (C=O) groups is 2. The molecule has 0 aliphatic carbocycles. The summed E-state index contributed by atoms with van der Waals surface area (Å²) in [4.78, 5) is 21.2. The molecule has 0 radical (unpaired) electrons. The Morgan fingerprint density at radius 2 is 2.00 bits per heavy atom. The van der Waals surface area contributed by atoms with E-state index in [1.165, 1.54) is 6.08 Å². The Hall–Kier alpha value is -0.960. The average molecular weight is 156 g/mol. The number of allylic oxidation sites excluding steroid dienone is 2. The summed E-state index contributed by atoms with van der Waals surface area (Å²) in [5.41, 5.74) is 0. The maximum atomic E-state index is 10.7. The normalized spacial score (nSPS) is 10.4. The van der Waals surface area contributed by atoms with Crippen molar-refractivity contribution in [1.29, 1.82) is 0 Å². The Labute approximate surface area is 65.7 Å². The van der Waals surface area contributed by atoms with E-state index >= 15 is 0 Å². The summed E-state index contributed by atoms with van der Waals surface area (Å²) in [5.74, 6) is -0.364. The monoisotopic (exact) mass is 156 g/mol. The van der Waals surface area contributed by atoms with E-state index in [0.717, 1.165) is 0 Å². The van der Waals surface area contributed by atoms with Gasteiger partial charge in [-0.3, -0.25) is 9.59 Å². The molecule has 3 heteroatoms. The van der Waals surface area contributed by atoms with Crippen LogP contribution in [0, 0.1) is 0 Å². The zero-order valence-electron chi connectivity index (χ0n) is 6.54. The lowest BCUT2D eigenvalue weighted by atomic mass is 10.1. The lowest BCUT2D eigenvalue weighted by molar-refractivity contribution is -0.124. The van der Waals surface area contributed by atoms with Gasteiger partial charge in [0.05, 0.1) is 0 Å². The van der Waals surface area contributed by atoms with Gasteiger partial charge in [-0.15, -0.1) is 0 Å². The Morgan fingerprint density at radius 3 is 2.45 bits per heavy atom. The molecule has 62 valence electrons. The van der Waals surface area contributed by atoms with Crippen molar-refractivity contribution in [2.24, 2.45) is 0 Å². The maximum Gasteiger partial charge on any atom is 0.158 e. The molecular weight excluding hydrogens is 144 g/mol. The lowest BCUT2D eigenvalue weighted by Gasteiger charge is -1.92. The molecule has 0 unspecified atom stereocenters. The number of aliphatic hydroxyl groups excluding tert-OH is 1. The minimum absolute atomic E-state index is 0.0747. The van der Waals surface area contributed by atoms with E-state index in [4.69, 9.17) is 5.11 Å². The van der Waals surface area contributed by atoms with Crippen molar-refractivity contribution < 1.29 is 14.7 Å². The predicted molar refractivity (Wildman–Crippen MR) is 41.1 cm³/mol. The summed E-state index contributed by atoms with van der Waals surface area (Å²) < 4.78 is 0. The highest BCUT2D eigenvalue weighted by atomic mass is 16.3. The van der Waals surface area contributed by atoms with Crippen LogP contribution in [0.25, 0.3) is 0 Å². The average Bonchev–Trinajstić information content (AvgIpc) is 2.01. The van der Waals surface area contributed by atoms with Gasteiger partial charge in [0, 0.05) is 12.8 Å². The molecule has 0 aromatic heterocycles. The van der Waals surface area contributed by atoms with Crippen molar-refractivity contribution in [2.75, 3.05) is 6.61 Å². The summed E-state index contributed by atoms with van der Waals surface area (Å²) in [6, 6.07) is 0. The number of ketones is 2. The van der Waals surface area contributed by atoms with Crippen LogP contribution in [0.3, 0.4) is 0 Å². The molecule has 0 aromatic carbocycles. The smallest absolute Gasteiger partial charge is 0.158 e. The number of hydrogen-bond donors (Lipinski definition) is 1. The third kappa shape index (κ3) is 5.48. The summed E-state index contributed by atoms with van der Waals surface area (Å²) >= 11 is 0. The molecule has 11 heavy (non-hydrogen) atoms. The summed E-state index contributed by atoms with van der Waals surface area (Å²) in [6.45, 7) is 1.27. The van der Waals surface area contributed by atoms with Gasteiger partial charge in [-0.05, 0) is 13.0 Å². The molecule has 0 saturated carbocycles. The molecule has 1 N–H and O–H groups in total.